The maximum Gasteiger partial charge on any atom is 0.225 e. The van der Waals surface area contributed by atoms with Gasteiger partial charge in [-0.05, 0) is 50.4 Å². The number of rotatable bonds is 2. The highest BCUT2D eigenvalue weighted by atomic mass is 16.2. The second-order valence-electron chi connectivity index (χ2n) is 7.77. The summed E-state index contributed by atoms with van der Waals surface area (Å²) in [6.45, 7) is 1.75. The summed E-state index contributed by atoms with van der Waals surface area (Å²) >= 11 is 0. The zero-order valence-corrected chi connectivity index (χ0v) is 13.8. The lowest BCUT2D eigenvalue weighted by atomic mass is 9.65. The minimum atomic E-state index is 0.227. The van der Waals surface area contributed by atoms with Gasteiger partial charge in [0.05, 0.1) is 0 Å². The molecule has 1 aromatic rings. The van der Waals surface area contributed by atoms with Crippen molar-refractivity contribution >= 4 is 5.91 Å². The number of nitrogens with two attached hydrogens (primary N) is 1. The number of aromatic nitrogens is 2. The van der Waals surface area contributed by atoms with Gasteiger partial charge in [-0.2, -0.15) is 0 Å². The van der Waals surface area contributed by atoms with Gasteiger partial charge in [-0.25, -0.2) is 4.98 Å². The number of hydrogen-bond acceptors (Lipinski definition) is 3. The molecular formula is C18H28N4O. The third-order valence-electron chi connectivity index (χ3n) is 6.47. The van der Waals surface area contributed by atoms with Crippen LogP contribution in [-0.4, -0.2) is 39.9 Å². The summed E-state index contributed by atoms with van der Waals surface area (Å²) in [5.41, 5.74) is 6.36. The summed E-state index contributed by atoms with van der Waals surface area (Å²) in [5, 5.41) is 0. The molecule has 1 saturated heterocycles. The van der Waals surface area contributed by atoms with Crippen LogP contribution < -0.4 is 5.73 Å². The second-order valence-corrected chi connectivity index (χ2v) is 7.77. The molecule has 1 amide bonds. The van der Waals surface area contributed by atoms with Crippen molar-refractivity contribution in [2.24, 2.45) is 23.5 Å². The van der Waals surface area contributed by atoms with Crippen LogP contribution in [0.5, 0.6) is 0 Å². The van der Waals surface area contributed by atoms with Crippen LogP contribution in [0.4, 0.5) is 0 Å². The molecule has 2 atom stereocenters. The molecule has 2 unspecified atom stereocenters. The number of aromatic amines is 1. The Hall–Kier alpha value is -1.36. The standard InChI is InChI=1S/C18H28N4O/c19-16-13-2-1-3-14(16)11-15(10-13)18(23)22-8-4-12(5-9-22)17-20-6-7-21-17/h6-7,12-16H,1-5,8-11,19H2,(H,20,21). The van der Waals surface area contributed by atoms with Crippen LogP contribution in [0.1, 0.15) is 56.7 Å². The zero-order chi connectivity index (χ0) is 15.8. The van der Waals surface area contributed by atoms with Crippen molar-refractivity contribution in [1.29, 1.82) is 0 Å². The fraction of sp³-hybridized carbons (Fsp3) is 0.778. The average molecular weight is 316 g/mol. The maximum atomic E-state index is 12.9. The van der Waals surface area contributed by atoms with Crippen LogP contribution in [-0.2, 0) is 4.79 Å². The smallest absolute Gasteiger partial charge is 0.225 e. The molecule has 3 fully saturated rings. The largest absolute Gasteiger partial charge is 0.348 e. The van der Waals surface area contributed by atoms with Crippen LogP contribution in [0.2, 0.25) is 0 Å². The Balaban J connectivity index is 1.35. The van der Waals surface area contributed by atoms with Crippen molar-refractivity contribution in [2.75, 3.05) is 13.1 Å². The minimum absolute atomic E-state index is 0.227. The molecule has 1 aromatic heterocycles. The summed E-state index contributed by atoms with van der Waals surface area (Å²) < 4.78 is 0. The fourth-order valence-corrected chi connectivity index (χ4v) is 5.12. The summed E-state index contributed by atoms with van der Waals surface area (Å²) in [7, 11) is 0. The quantitative estimate of drug-likeness (QED) is 0.879. The number of hydrogen-bond donors (Lipinski definition) is 2. The zero-order valence-electron chi connectivity index (χ0n) is 13.8. The van der Waals surface area contributed by atoms with Crippen molar-refractivity contribution < 1.29 is 4.79 Å². The first kappa shape index (κ1) is 15.2. The maximum absolute atomic E-state index is 12.9. The minimum Gasteiger partial charge on any atom is -0.348 e. The first-order chi connectivity index (χ1) is 11.2. The van der Waals surface area contributed by atoms with E-state index >= 15 is 0 Å². The molecule has 2 bridgehead atoms. The molecule has 2 saturated carbocycles. The monoisotopic (exact) mass is 316 g/mol. The molecule has 126 valence electrons. The average Bonchev–Trinajstić information content (AvgIpc) is 3.08. The third-order valence-corrected chi connectivity index (χ3v) is 6.47. The number of likely N-dealkylation sites (tertiary alicyclic amines) is 1. The van der Waals surface area contributed by atoms with E-state index in [0.29, 0.717) is 29.7 Å². The van der Waals surface area contributed by atoms with E-state index in [9.17, 15) is 4.79 Å². The Bertz CT molecular complexity index is 521. The fourth-order valence-electron chi connectivity index (χ4n) is 5.12. The Morgan fingerprint density at radius 3 is 2.48 bits per heavy atom. The summed E-state index contributed by atoms with van der Waals surface area (Å²) in [6, 6.07) is 0.345. The van der Waals surface area contributed by atoms with Gasteiger partial charge in [-0.3, -0.25) is 4.79 Å². The molecule has 2 aliphatic carbocycles. The highest BCUT2D eigenvalue weighted by molar-refractivity contribution is 5.79. The van der Waals surface area contributed by atoms with Gasteiger partial charge in [0.2, 0.25) is 5.91 Å². The number of fused-ring (bicyclic) bond motifs is 2. The number of carbonyl (C=O) groups is 1. The van der Waals surface area contributed by atoms with E-state index in [-0.39, 0.29) is 5.92 Å². The molecule has 0 radical (unpaired) electrons. The molecule has 1 aliphatic heterocycles. The number of amides is 1. The molecule has 23 heavy (non-hydrogen) atoms. The predicted octanol–water partition coefficient (Wildman–Crippen LogP) is 2.27. The number of H-pyrrole nitrogens is 1. The van der Waals surface area contributed by atoms with Crippen LogP contribution in [0.25, 0.3) is 0 Å². The number of carbonyl (C=O) groups excluding carboxylic acids is 1. The Labute approximate surface area is 138 Å². The topological polar surface area (TPSA) is 75.0 Å². The number of nitrogens with one attached hydrogen (secondary N) is 1. The van der Waals surface area contributed by atoms with Gasteiger partial charge in [-0.1, -0.05) is 6.42 Å². The predicted molar refractivity (Wildman–Crippen MR) is 88.7 cm³/mol. The van der Waals surface area contributed by atoms with Crippen molar-refractivity contribution in [2.45, 2.75) is 56.9 Å². The summed E-state index contributed by atoms with van der Waals surface area (Å²) in [4.78, 5) is 22.6. The van der Waals surface area contributed by atoms with E-state index in [1.54, 1.807) is 0 Å². The lowest BCUT2D eigenvalue weighted by molar-refractivity contribution is -0.139. The van der Waals surface area contributed by atoms with Crippen molar-refractivity contribution in [3.8, 4) is 0 Å². The van der Waals surface area contributed by atoms with Crippen LogP contribution >= 0.6 is 0 Å². The van der Waals surface area contributed by atoms with Gasteiger partial charge < -0.3 is 15.6 Å². The summed E-state index contributed by atoms with van der Waals surface area (Å²) in [5.74, 6) is 3.34. The number of imidazole rings is 1. The van der Waals surface area contributed by atoms with E-state index in [4.69, 9.17) is 5.73 Å². The molecule has 3 N–H and O–H groups in total. The SMILES string of the molecule is NC1C2CCCC1CC(C(=O)N1CCC(c3ncc[nH]3)CC1)C2. The second kappa shape index (κ2) is 6.27. The highest BCUT2D eigenvalue weighted by Gasteiger charge is 2.42. The van der Waals surface area contributed by atoms with Crippen molar-refractivity contribution in [3.05, 3.63) is 18.2 Å². The van der Waals surface area contributed by atoms with Gasteiger partial charge in [0, 0.05) is 43.4 Å². The van der Waals surface area contributed by atoms with Gasteiger partial charge >= 0.3 is 0 Å². The molecular weight excluding hydrogens is 288 g/mol. The lowest BCUT2D eigenvalue weighted by Crippen LogP contribution is -2.50. The van der Waals surface area contributed by atoms with E-state index < -0.39 is 0 Å². The Morgan fingerprint density at radius 1 is 1.17 bits per heavy atom. The molecule has 3 aliphatic rings. The van der Waals surface area contributed by atoms with Gasteiger partial charge in [0.1, 0.15) is 5.82 Å². The summed E-state index contributed by atoms with van der Waals surface area (Å²) in [6.07, 6.45) is 11.6. The molecule has 5 nitrogen and oxygen atoms in total. The number of piperidine rings is 1. The Morgan fingerprint density at radius 2 is 1.87 bits per heavy atom. The first-order valence-electron chi connectivity index (χ1n) is 9.26. The molecule has 2 heterocycles. The van der Waals surface area contributed by atoms with E-state index in [1.165, 1.54) is 19.3 Å². The molecule has 5 heteroatoms. The van der Waals surface area contributed by atoms with E-state index in [0.717, 1.165) is 44.6 Å². The van der Waals surface area contributed by atoms with Gasteiger partial charge in [0.15, 0.2) is 0 Å². The first-order valence-corrected chi connectivity index (χ1v) is 9.26. The van der Waals surface area contributed by atoms with Crippen LogP contribution in [0.15, 0.2) is 12.4 Å². The third kappa shape index (κ3) is 2.91. The number of nitrogens with zero attached hydrogens (tertiary/aromatic N) is 2. The van der Waals surface area contributed by atoms with E-state index in [2.05, 4.69) is 14.9 Å². The van der Waals surface area contributed by atoms with Crippen LogP contribution in [0, 0.1) is 17.8 Å². The van der Waals surface area contributed by atoms with E-state index in [1.807, 2.05) is 12.4 Å². The van der Waals surface area contributed by atoms with Gasteiger partial charge in [0.25, 0.3) is 0 Å². The van der Waals surface area contributed by atoms with Crippen molar-refractivity contribution in [1.82, 2.24) is 14.9 Å². The lowest BCUT2D eigenvalue weighted by Gasteiger charge is -2.45. The van der Waals surface area contributed by atoms with Gasteiger partial charge in [-0.15, -0.1) is 0 Å². The van der Waals surface area contributed by atoms with Crippen LogP contribution in [0.3, 0.4) is 0 Å². The molecule has 0 aromatic carbocycles. The van der Waals surface area contributed by atoms with Crippen molar-refractivity contribution in [3.63, 3.8) is 0 Å². The molecule has 0 spiro atoms. The Kier molecular flexibility index (Phi) is 4.14. The molecule has 4 rings (SSSR count). The highest BCUT2D eigenvalue weighted by Crippen LogP contribution is 2.42. The normalized spacial score (nSPS) is 35.3.